The van der Waals surface area contributed by atoms with Gasteiger partial charge in [-0.15, -0.1) is 12.4 Å². The van der Waals surface area contributed by atoms with Crippen LogP contribution in [0.15, 0.2) is 73.2 Å². The van der Waals surface area contributed by atoms with Gasteiger partial charge in [0.25, 0.3) is 45.9 Å². The van der Waals surface area contributed by atoms with Crippen molar-refractivity contribution in [2.45, 2.75) is 232 Å². The molecule has 4 spiro atoms. The summed E-state index contributed by atoms with van der Waals surface area (Å²) in [6, 6.07) is 6.83. The number of aryl methyl sites for hydroxylation is 4. The van der Waals surface area contributed by atoms with Crippen molar-refractivity contribution in [1.29, 1.82) is 0 Å². The zero-order chi connectivity index (χ0) is 81.7. The third-order valence-electron chi connectivity index (χ3n) is 23.8. The van der Waals surface area contributed by atoms with Gasteiger partial charge in [0, 0.05) is 34.1 Å². The maximum atomic E-state index is 13.5. The molecule has 6 saturated carbocycles. The summed E-state index contributed by atoms with van der Waals surface area (Å²) >= 11 is 3.30. The Hall–Kier alpha value is -9.89. The summed E-state index contributed by atoms with van der Waals surface area (Å²) in [6.45, 7) is 14.6. The average molecular weight is 1730 g/mol. The van der Waals surface area contributed by atoms with E-state index in [1.165, 1.54) is 31.7 Å². The van der Waals surface area contributed by atoms with Crippen LogP contribution in [0.3, 0.4) is 0 Å². The molecule has 10 aliphatic rings. The van der Waals surface area contributed by atoms with Crippen molar-refractivity contribution in [3.63, 3.8) is 0 Å². The first-order valence-electron chi connectivity index (χ1n) is 39.5. The Balaban J connectivity index is 0.000000147. The number of nitrogens with one attached hydrogen (secondary N) is 9. The Morgan fingerprint density at radius 1 is 0.373 bits per heavy atom. The van der Waals surface area contributed by atoms with E-state index in [4.69, 9.17) is 17.2 Å². The number of amides is 6. The van der Waals surface area contributed by atoms with E-state index >= 15 is 0 Å². The second-order valence-electron chi connectivity index (χ2n) is 31.8. The van der Waals surface area contributed by atoms with E-state index in [2.05, 4.69) is 104 Å². The Kier molecular flexibility index (Phi) is 27.1. The van der Waals surface area contributed by atoms with Gasteiger partial charge in [-0.05, 0) is 246 Å². The number of nitrogen functional groups attached to an aromatic ring is 3. The molecule has 6 amide bonds. The van der Waals surface area contributed by atoms with E-state index in [1.54, 1.807) is 70.2 Å². The Labute approximate surface area is 736 Å². The van der Waals surface area contributed by atoms with Crippen LogP contribution >= 0.6 is 28.3 Å². The molecule has 38 heteroatoms. The van der Waals surface area contributed by atoms with Gasteiger partial charge < -0.3 is 70.5 Å². The van der Waals surface area contributed by atoms with Crippen LogP contribution in [0.5, 0.6) is 0 Å². The Morgan fingerprint density at radius 2 is 0.610 bits per heavy atom. The standard InChI is InChI=1S/C22H26N6O3.2C18H22N6O2.C13H15BrN2O2.C9H12N4O.ClH.K.H2O/c1-12-10-15(21(31)28-16(12)20(30)27-22(28)8-4-3-5-9-22)25-17-13(2)18(24-11-23-17)26-19(29)14-6-7-14;2*1-10-8-12(22-15-11(2)14(19)20-9-21-15)17(26)24-13(10)16(25)23-18(24)6-4-3-5-7-18;1-8-7-9(14)12(18)16-10(8)11(17)15-13(16)5-3-2-4-6-13;1-5-7(10)11-4-12-8(5)13-9(14)6-2-3-6;;;/h10-11,14H,3-9H2,1-2H3,(H,27,30)(H2,23,24,25,26,29);2*8-9H,3-7H2,1-2H3,(H,23,25)(H3,19,20,21,22);7H,2-6H2,1H3,(H,15,17);4,6H,2-3H2,1H3,(H3,10,11,12,13,14);1H;;1H2/q;;;;;;+1;/p-1. The largest absolute Gasteiger partial charge is 1.00 e. The molecule has 12 heterocycles. The van der Waals surface area contributed by atoms with Crippen molar-refractivity contribution in [3.05, 3.63) is 163 Å². The van der Waals surface area contributed by atoms with Gasteiger partial charge in [0.15, 0.2) is 0 Å². The summed E-state index contributed by atoms with van der Waals surface area (Å²) < 4.78 is 7.19. The third-order valence-corrected chi connectivity index (χ3v) is 24.4. The number of nitrogens with two attached hydrogens (primary N) is 3. The van der Waals surface area contributed by atoms with Crippen LogP contribution in [-0.4, -0.2) is 99.1 Å². The number of hydrogen-bond donors (Lipinski definition) is 12. The molecular weight excluding hydrogens is 1630 g/mol. The number of hydrogen-bond acceptors (Lipinski definition) is 25. The molecule has 0 atom stereocenters. The zero-order valence-corrected chi connectivity index (χ0v) is 73.2. The molecule has 620 valence electrons. The molecule has 6 aliphatic carbocycles. The second kappa shape index (κ2) is 36.0. The van der Waals surface area contributed by atoms with Gasteiger partial charge in [-0.2, -0.15) is 0 Å². The zero-order valence-electron chi connectivity index (χ0n) is 67.7. The molecular formula is C80H99BrClKN24O11. The molecule has 8 aromatic heterocycles. The minimum atomic E-state index is -0.645. The summed E-state index contributed by atoms with van der Waals surface area (Å²) in [5.74, 6) is 3.11. The van der Waals surface area contributed by atoms with Crippen LogP contribution < -0.4 is 139 Å². The number of rotatable bonds is 10. The molecule has 18 rings (SSSR count). The number of carbonyl (C=O) groups excluding carboxylic acids is 6. The summed E-state index contributed by atoms with van der Waals surface area (Å²) in [4.78, 5) is 158. The predicted molar refractivity (Wildman–Crippen MR) is 446 cm³/mol. The van der Waals surface area contributed by atoms with Gasteiger partial charge >= 0.3 is 51.4 Å². The summed E-state index contributed by atoms with van der Waals surface area (Å²) in [5, 5.41) is 27.2. The van der Waals surface area contributed by atoms with Crippen LogP contribution in [0.2, 0.25) is 0 Å². The number of aromatic nitrogens is 12. The second-order valence-corrected chi connectivity index (χ2v) is 32.7. The summed E-state index contributed by atoms with van der Waals surface area (Å²) in [6.07, 6.45) is 28.0. The maximum absolute atomic E-state index is 13.5. The Morgan fingerprint density at radius 3 is 0.898 bits per heavy atom. The van der Waals surface area contributed by atoms with Crippen molar-refractivity contribution < 1.29 is 85.6 Å². The van der Waals surface area contributed by atoms with Crippen molar-refractivity contribution in [3.8, 4) is 0 Å². The first-order chi connectivity index (χ1) is 55.0. The van der Waals surface area contributed by atoms with Gasteiger partial charge in [0.2, 0.25) is 11.8 Å². The molecule has 118 heavy (non-hydrogen) atoms. The normalized spacial score (nSPS) is 17.9. The molecule has 8 aromatic rings. The fourth-order valence-electron chi connectivity index (χ4n) is 17.2. The number of fused-ring (bicyclic) bond motifs is 8. The predicted octanol–water partition coefficient (Wildman–Crippen LogP) is 6.83. The number of anilines is 11. The Bertz CT molecular complexity index is 5410. The number of nitrogens with zero attached hydrogens (tertiary/aromatic N) is 12. The molecule has 0 bridgehead atoms. The van der Waals surface area contributed by atoms with Crippen molar-refractivity contribution >= 4 is 127 Å². The van der Waals surface area contributed by atoms with Gasteiger partial charge in [0.1, 0.15) is 134 Å². The third kappa shape index (κ3) is 17.3. The van der Waals surface area contributed by atoms with E-state index < -0.39 is 22.7 Å². The van der Waals surface area contributed by atoms with E-state index in [0.29, 0.717) is 108 Å². The molecule has 35 nitrogen and oxygen atoms in total. The maximum Gasteiger partial charge on any atom is 1.00 e. The van der Waals surface area contributed by atoms with E-state index in [-0.39, 0.29) is 139 Å². The molecule has 0 radical (unpaired) electrons. The van der Waals surface area contributed by atoms with Crippen molar-refractivity contribution in [2.75, 3.05) is 43.8 Å². The summed E-state index contributed by atoms with van der Waals surface area (Å²) in [7, 11) is 0. The molecule has 4 aliphatic heterocycles. The fourth-order valence-corrected chi connectivity index (χ4v) is 17.7. The van der Waals surface area contributed by atoms with Gasteiger partial charge in [-0.25, -0.2) is 39.9 Å². The van der Waals surface area contributed by atoms with Crippen molar-refractivity contribution in [2.24, 2.45) is 11.8 Å². The van der Waals surface area contributed by atoms with Crippen LogP contribution in [-0.2, 0) is 32.2 Å². The van der Waals surface area contributed by atoms with Crippen LogP contribution in [0.1, 0.15) is 241 Å². The smallest absolute Gasteiger partial charge is 0.870 e. The number of halogens is 2. The van der Waals surface area contributed by atoms with Crippen molar-refractivity contribution in [1.82, 2.24) is 79.4 Å². The van der Waals surface area contributed by atoms with Crippen LogP contribution in [0, 0.1) is 67.2 Å². The molecule has 0 aromatic carbocycles. The first kappa shape index (κ1) is 88.9. The van der Waals surface area contributed by atoms with Gasteiger partial charge in [-0.1, -0.05) is 25.7 Å². The first-order valence-corrected chi connectivity index (χ1v) is 40.3. The SMILES string of the molecule is Cc1c(N)ncnc1NC(=O)C1CC1.Cc1cc(Br)c(=O)n2c1C(=O)NC21CCCCC1.Cc1cc(Nc2ncnc(N)c2C)c(=O)n2c1C(=O)NC21CCCCC1.Cc1cc(Nc2ncnc(N)c2C)c(=O)n2c1C(=O)NC21CCCCC1.Cc1cc(Nc2ncnc(NC(=O)C3CC3)c2C)c(=O)n2c1C(=O)NC21CCCCC1.Cl.[K+].[OH-]. The average Bonchev–Trinajstić information content (AvgIpc) is 1.57. The van der Waals surface area contributed by atoms with E-state index in [9.17, 15) is 47.9 Å². The topological polar surface area (TPSA) is 510 Å². The molecule has 16 N–H and O–H groups in total. The van der Waals surface area contributed by atoms with Gasteiger partial charge in [0.05, 0.1) is 4.47 Å². The number of pyridine rings is 4. The monoisotopic (exact) mass is 1720 g/mol. The molecule has 6 fully saturated rings. The molecule has 0 saturated heterocycles. The summed E-state index contributed by atoms with van der Waals surface area (Å²) in [5.41, 5.74) is 23.0. The van der Waals surface area contributed by atoms with Gasteiger partial charge in [-0.3, -0.25) is 66.2 Å². The van der Waals surface area contributed by atoms with E-state index in [0.717, 1.165) is 175 Å². The quantitative estimate of drug-likeness (QED) is 0.0624. The minimum Gasteiger partial charge on any atom is -0.870 e. The number of carbonyl (C=O) groups is 6. The van der Waals surface area contributed by atoms with Crippen LogP contribution in [0.25, 0.3) is 0 Å². The minimum absolute atomic E-state index is 0. The molecule has 0 unspecified atom stereocenters. The van der Waals surface area contributed by atoms with E-state index in [1.807, 2.05) is 27.7 Å². The van der Waals surface area contributed by atoms with Crippen LogP contribution in [0.4, 0.5) is 63.6 Å². The fraction of sp³-hybridized carbons (Fsp3) is 0.475.